The average Bonchev–Trinajstić information content (AvgIpc) is 3.09. The summed E-state index contributed by atoms with van der Waals surface area (Å²) in [7, 11) is 3.29. The lowest BCUT2D eigenvalue weighted by atomic mass is 9.98. The largest absolute Gasteiger partial charge is 0.493 e. The zero-order valence-corrected chi connectivity index (χ0v) is 17.5. The molecule has 5 nitrogen and oxygen atoms in total. The van der Waals surface area contributed by atoms with E-state index in [1.165, 1.54) is 17.7 Å². The highest BCUT2D eigenvalue weighted by Crippen LogP contribution is 2.40. The van der Waals surface area contributed by atoms with Crippen molar-refractivity contribution in [3.05, 3.63) is 57.9 Å². The number of aryl methyl sites for hydroxylation is 1. The third kappa shape index (κ3) is 3.24. The number of hydrogen-bond donors (Lipinski definition) is 1. The Morgan fingerprint density at radius 2 is 1.93 bits per heavy atom. The van der Waals surface area contributed by atoms with Crippen molar-refractivity contribution < 1.29 is 13.9 Å². The van der Waals surface area contributed by atoms with Crippen molar-refractivity contribution >= 4 is 21.9 Å². The van der Waals surface area contributed by atoms with Crippen LogP contribution in [0.5, 0.6) is 11.5 Å². The van der Waals surface area contributed by atoms with Crippen LogP contribution < -0.4 is 14.8 Å². The lowest BCUT2D eigenvalue weighted by Gasteiger charge is -2.23. The van der Waals surface area contributed by atoms with E-state index in [9.17, 15) is 4.39 Å². The standard InChI is InChI=1S/C21H21BrFN3O2/c1-12(15-5-4-14(23)9-17(15)22)25-21-24-11-18-16-10-20(28-3)19(27-2)8-13(16)6-7-26(18)21/h4-5,8-12H,6-7H2,1-3H3,(H,24,25). The maximum absolute atomic E-state index is 13.4. The Kier molecular flexibility index (Phi) is 5.02. The van der Waals surface area contributed by atoms with Crippen LogP contribution in [-0.2, 0) is 13.0 Å². The number of imidazole rings is 1. The van der Waals surface area contributed by atoms with Crippen molar-refractivity contribution in [2.45, 2.75) is 25.9 Å². The van der Waals surface area contributed by atoms with Crippen LogP contribution in [0.15, 0.2) is 41.0 Å². The molecule has 0 bridgehead atoms. The van der Waals surface area contributed by atoms with Gasteiger partial charge < -0.3 is 19.4 Å². The number of nitrogens with one attached hydrogen (secondary N) is 1. The fraction of sp³-hybridized carbons (Fsp3) is 0.286. The van der Waals surface area contributed by atoms with Gasteiger partial charge in [-0.15, -0.1) is 0 Å². The van der Waals surface area contributed by atoms with Crippen LogP contribution in [0.4, 0.5) is 10.3 Å². The molecule has 0 saturated carbocycles. The summed E-state index contributed by atoms with van der Waals surface area (Å²) in [4.78, 5) is 4.60. The Labute approximate surface area is 171 Å². The summed E-state index contributed by atoms with van der Waals surface area (Å²) in [6.07, 6.45) is 2.75. The van der Waals surface area contributed by atoms with Gasteiger partial charge in [0.2, 0.25) is 5.95 Å². The number of methoxy groups -OCH3 is 2. The van der Waals surface area contributed by atoms with Crippen LogP contribution >= 0.6 is 15.9 Å². The van der Waals surface area contributed by atoms with Gasteiger partial charge in [0.05, 0.1) is 32.2 Å². The van der Waals surface area contributed by atoms with E-state index in [1.807, 2.05) is 25.3 Å². The number of anilines is 1. The highest BCUT2D eigenvalue weighted by atomic mass is 79.9. The predicted octanol–water partition coefficient (Wildman–Crippen LogP) is 5.20. The monoisotopic (exact) mass is 445 g/mol. The van der Waals surface area contributed by atoms with E-state index in [-0.39, 0.29) is 11.9 Å². The first-order chi connectivity index (χ1) is 13.5. The molecule has 0 spiro atoms. The Bertz CT molecular complexity index is 1030. The molecule has 2 heterocycles. The molecular weight excluding hydrogens is 425 g/mol. The van der Waals surface area contributed by atoms with Crippen molar-refractivity contribution in [1.29, 1.82) is 0 Å². The fourth-order valence-electron chi connectivity index (χ4n) is 3.65. The van der Waals surface area contributed by atoms with E-state index in [0.717, 1.165) is 46.0 Å². The molecular formula is C21H21BrFN3O2. The van der Waals surface area contributed by atoms with Crippen LogP contribution in [0.3, 0.4) is 0 Å². The first-order valence-corrected chi connectivity index (χ1v) is 9.83. The van der Waals surface area contributed by atoms with Crippen molar-refractivity contribution in [3.63, 3.8) is 0 Å². The maximum Gasteiger partial charge on any atom is 0.203 e. The van der Waals surface area contributed by atoms with E-state index in [1.54, 1.807) is 20.3 Å². The second-order valence-corrected chi connectivity index (χ2v) is 7.62. The Morgan fingerprint density at radius 1 is 1.18 bits per heavy atom. The van der Waals surface area contributed by atoms with Gasteiger partial charge in [0, 0.05) is 16.6 Å². The minimum atomic E-state index is -0.262. The second-order valence-electron chi connectivity index (χ2n) is 6.76. The smallest absolute Gasteiger partial charge is 0.203 e. The van der Waals surface area contributed by atoms with Gasteiger partial charge in [0.1, 0.15) is 5.82 Å². The van der Waals surface area contributed by atoms with Crippen molar-refractivity contribution in [3.8, 4) is 22.8 Å². The molecule has 3 aromatic rings. The highest BCUT2D eigenvalue weighted by Gasteiger charge is 2.23. The lowest BCUT2D eigenvalue weighted by molar-refractivity contribution is 0.354. The van der Waals surface area contributed by atoms with Crippen molar-refractivity contribution in [1.82, 2.24) is 9.55 Å². The molecule has 0 fully saturated rings. The van der Waals surface area contributed by atoms with Gasteiger partial charge in [-0.3, -0.25) is 0 Å². The highest BCUT2D eigenvalue weighted by molar-refractivity contribution is 9.10. The van der Waals surface area contributed by atoms with Crippen LogP contribution in [0.2, 0.25) is 0 Å². The number of aromatic nitrogens is 2. The number of nitrogens with zero attached hydrogens (tertiary/aromatic N) is 2. The summed E-state index contributed by atoms with van der Waals surface area (Å²) in [5, 5.41) is 3.45. The molecule has 7 heteroatoms. The van der Waals surface area contributed by atoms with Crippen LogP contribution in [0.25, 0.3) is 11.3 Å². The summed E-state index contributed by atoms with van der Waals surface area (Å²) < 4.78 is 27.2. The summed E-state index contributed by atoms with van der Waals surface area (Å²) in [5.41, 5.74) is 4.32. The topological polar surface area (TPSA) is 48.3 Å². The SMILES string of the molecule is COc1cc2c(cc1OC)-c1cnc(NC(C)c3ccc(F)cc3Br)n1CC2. The number of halogens is 2. The zero-order valence-electron chi connectivity index (χ0n) is 15.9. The average molecular weight is 446 g/mol. The number of benzene rings is 2. The summed E-state index contributed by atoms with van der Waals surface area (Å²) in [6, 6.07) is 8.73. The maximum atomic E-state index is 13.4. The van der Waals surface area contributed by atoms with E-state index >= 15 is 0 Å². The molecule has 1 atom stereocenters. The van der Waals surface area contributed by atoms with E-state index in [0.29, 0.717) is 5.75 Å². The van der Waals surface area contributed by atoms with Gasteiger partial charge in [-0.1, -0.05) is 22.0 Å². The lowest BCUT2D eigenvalue weighted by Crippen LogP contribution is -2.16. The van der Waals surface area contributed by atoms with Gasteiger partial charge in [0.15, 0.2) is 11.5 Å². The zero-order chi connectivity index (χ0) is 19.8. The molecule has 1 N–H and O–H groups in total. The van der Waals surface area contributed by atoms with Crippen molar-refractivity contribution in [2.75, 3.05) is 19.5 Å². The van der Waals surface area contributed by atoms with Gasteiger partial charge >= 0.3 is 0 Å². The van der Waals surface area contributed by atoms with Crippen molar-refractivity contribution in [2.24, 2.45) is 0 Å². The van der Waals surface area contributed by atoms with Gasteiger partial charge in [-0.2, -0.15) is 0 Å². The molecule has 0 amide bonds. The number of fused-ring (bicyclic) bond motifs is 3. The summed E-state index contributed by atoms with van der Waals surface area (Å²) in [5.74, 6) is 1.97. The summed E-state index contributed by atoms with van der Waals surface area (Å²) >= 11 is 3.44. The van der Waals surface area contributed by atoms with E-state index in [2.05, 4.69) is 30.8 Å². The quantitative estimate of drug-likeness (QED) is 0.586. The summed E-state index contributed by atoms with van der Waals surface area (Å²) in [6.45, 7) is 2.85. The number of hydrogen-bond acceptors (Lipinski definition) is 4. The Balaban J connectivity index is 1.66. The molecule has 2 aromatic carbocycles. The predicted molar refractivity (Wildman–Crippen MR) is 111 cm³/mol. The third-order valence-electron chi connectivity index (χ3n) is 5.12. The molecule has 1 aliphatic rings. The van der Waals surface area contributed by atoms with Gasteiger partial charge in [-0.05, 0) is 48.7 Å². The minimum Gasteiger partial charge on any atom is -0.493 e. The second kappa shape index (κ2) is 7.47. The van der Waals surface area contributed by atoms with Crippen LogP contribution in [0, 0.1) is 5.82 Å². The molecule has 4 rings (SSSR count). The molecule has 28 heavy (non-hydrogen) atoms. The van der Waals surface area contributed by atoms with E-state index < -0.39 is 0 Å². The fourth-order valence-corrected chi connectivity index (χ4v) is 4.35. The molecule has 1 aliphatic heterocycles. The Hall–Kier alpha value is -2.54. The van der Waals surface area contributed by atoms with E-state index in [4.69, 9.17) is 9.47 Å². The molecule has 0 radical (unpaired) electrons. The van der Waals surface area contributed by atoms with Crippen LogP contribution in [-0.4, -0.2) is 23.8 Å². The molecule has 1 aromatic heterocycles. The molecule has 1 unspecified atom stereocenters. The van der Waals surface area contributed by atoms with Crippen LogP contribution in [0.1, 0.15) is 24.1 Å². The first kappa shape index (κ1) is 18.8. The molecule has 146 valence electrons. The minimum absolute atomic E-state index is 0.0340. The normalized spacial score (nSPS) is 13.5. The first-order valence-electron chi connectivity index (χ1n) is 9.04. The van der Waals surface area contributed by atoms with Gasteiger partial charge in [-0.25, -0.2) is 9.37 Å². The molecule has 0 saturated heterocycles. The van der Waals surface area contributed by atoms with Gasteiger partial charge in [0.25, 0.3) is 0 Å². The number of ether oxygens (including phenoxy) is 2. The molecule has 0 aliphatic carbocycles. The number of rotatable bonds is 5. The third-order valence-corrected chi connectivity index (χ3v) is 5.81. The Morgan fingerprint density at radius 3 is 2.64 bits per heavy atom.